The molecule has 2 aromatic carbocycles. The number of hydrogen-bond donors (Lipinski definition) is 0. The van der Waals surface area contributed by atoms with Gasteiger partial charge in [0.25, 0.3) is 0 Å². The fourth-order valence-electron chi connectivity index (χ4n) is 4.37. The Balaban J connectivity index is 1.62. The molecule has 0 N–H and O–H groups in total. The first-order valence-corrected chi connectivity index (χ1v) is 10.9. The summed E-state index contributed by atoms with van der Waals surface area (Å²) in [7, 11) is 0. The molecule has 0 unspecified atom stereocenters. The average molecular weight is 415 g/mol. The van der Waals surface area contributed by atoms with Crippen LogP contribution in [0.15, 0.2) is 48.5 Å². The van der Waals surface area contributed by atoms with Crippen LogP contribution in [0.4, 0.5) is 0 Å². The van der Waals surface area contributed by atoms with E-state index in [1.807, 2.05) is 27.7 Å². The standard InChI is InChI=1S/C25H28Cl2O/c1-22(2,26)17-5-9-19(10-6-17)24(13-14-24)21(28)25(15-16-25)20-11-7-18(8-12-20)23(3,4)27/h5-12H,13-16H2,1-4H3. The van der Waals surface area contributed by atoms with Crippen molar-refractivity contribution < 1.29 is 4.79 Å². The number of Topliss-reactive ketones (excluding diaryl/α,β-unsaturated/α-hetero) is 1. The molecule has 0 bridgehead atoms. The summed E-state index contributed by atoms with van der Waals surface area (Å²) in [4.78, 5) is 12.9. The number of alkyl halides is 2. The summed E-state index contributed by atoms with van der Waals surface area (Å²) < 4.78 is 0. The lowest BCUT2D eigenvalue weighted by molar-refractivity contribution is -0.124. The molecule has 2 aliphatic rings. The van der Waals surface area contributed by atoms with E-state index in [0.29, 0.717) is 5.78 Å². The third kappa shape index (κ3) is 3.31. The van der Waals surface area contributed by atoms with E-state index in [4.69, 9.17) is 23.2 Å². The Kier molecular flexibility index (Phi) is 4.53. The molecule has 0 saturated heterocycles. The topological polar surface area (TPSA) is 17.1 Å². The van der Waals surface area contributed by atoms with Crippen molar-refractivity contribution in [2.24, 2.45) is 0 Å². The molecule has 0 amide bonds. The van der Waals surface area contributed by atoms with E-state index in [2.05, 4.69) is 48.5 Å². The molecule has 148 valence electrons. The molecule has 3 heteroatoms. The smallest absolute Gasteiger partial charge is 0.153 e. The summed E-state index contributed by atoms with van der Waals surface area (Å²) in [6.45, 7) is 7.97. The van der Waals surface area contributed by atoms with Gasteiger partial charge < -0.3 is 0 Å². The zero-order valence-corrected chi connectivity index (χ0v) is 18.6. The van der Waals surface area contributed by atoms with Gasteiger partial charge in [-0.1, -0.05) is 48.5 Å². The van der Waals surface area contributed by atoms with Gasteiger partial charge in [-0.05, 0) is 75.6 Å². The minimum absolute atomic E-state index is 0.310. The highest BCUT2D eigenvalue weighted by Gasteiger charge is 2.63. The second-order valence-corrected chi connectivity index (χ2v) is 11.5. The van der Waals surface area contributed by atoms with Gasteiger partial charge in [0.1, 0.15) is 0 Å². The molecule has 2 saturated carbocycles. The molecule has 0 atom stereocenters. The van der Waals surface area contributed by atoms with Crippen LogP contribution in [0, 0.1) is 0 Å². The minimum atomic E-state index is -0.394. The van der Waals surface area contributed by atoms with Gasteiger partial charge in [0, 0.05) is 0 Å². The van der Waals surface area contributed by atoms with E-state index in [0.717, 1.165) is 47.9 Å². The Morgan fingerprint density at radius 2 is 0.964 bits per heavy atom. The normalized spacial score (nSPS) is 19.9. The summed E-state index contributed by atoms with van der Waals surface area (Å²) in [5.74, 6) is 0.399. The van der Waals surface area contributed by atoms with E-state index in [-0.39, 0.29) is 10.8 Å². The summed E-state index contributed by atoms with van der Waals surface area (Å²) in [6.07, 6.45) is 3.79. The van der Waals surface area contributed by atoms with Crippen molar-refractivity contribution in [2.75, 3.05) is 0 Å². The van der Waals surface area contributed by atoms with Crippen LogP contribution in [0.25, 0.3) is 0 Å². The SMILES string of the molecule is CC(C)(Cl)c1ccc(C2(C(=O)C3(c4ccc(C(C)(C)Cl)cc4)CC3)CC2)cc1. The first-order chi connectivity index (χ1) is 13.0. The van der Waals surface area contributed by atoms with E-state index >= 15 is 0 Å². The summed E-state index contributed by atoms with van der Waals surface area (Å²) in [5.41, 5.74) is 3.84. The van der Waals surface area contributed by atoms with Crippen LogP contribution in [0.3, 0.4) is 0 Å². The van der Waals surface area contributed by atoms with Crippen molar-refractivity contribution in [1.82, 2.24) is 0 Å². The number of carbonyl (C=O) groups excluding carboxylic acids is 1. The molecule has 0 aromatic heterocycles. The van der Waals surface area contributed by atoms with Crippen LogP contribution in [0.1, 0.15) is 75.6 Å². The van der Waals surface area contributed by atoms with Crippen LogP contribution in [-0.2, 0) is 25.4 Å². The molecular formula is C25H28Cl2O. The van der Waals surface area contributed by atoms with Crippen molar-refractivity contribution in [3.05, 3.63) is 70.8 Å². The average Bonchev–Trinajstić information content (AvgIpc) is 3.54. The molecular weight excluding hydrogens is 387 g/mol. The quantitative estimate of drug-likeness (QED) is 0.466. The minimum Gasteiger partial charge on any atom is -0.298 e. The number of carbonyl (C=O) groups is 1. The van der Waals surface area contributed by atoms with Crippen molar-refractivity contribution in [3.63, 3.8) is 0 Å². The Hall–Kier alpha value is -1.31. The molecule has 2 aromatic rings. The predicted molar refractivity (Wildman–Crippen MR) is 117 cm³/mol. The lowest BCUT2D eigenvalue weighted by Crippen LogP contribution is -2.32. The molecule has 28 heavy (non-hydrogen) atoms. The number of hydrogen-bond acceptors (Lipinski definition) is 1. The fourth-order valence-corrected chi connectivity index (χ4v) is 4.62. The van der Waals surface area contributed by atoms with Crippen LogP contribution in [-0.4, -0.2) is 5.78 Å². The largest absolute Gasteiger partial charge is 0.298 e. The second-order valence-electron chi connectivity index (χ2n) is 9.59. The molecule has 0 aliphatic heterocycles. The van der Waals surface area contributed by atoms with Crippen LogP contribution < -0.4 is 0 Å². The van der Waals surface area contributed by atoms with Crippen LogP contribution >= 0.6 is 23.2 Å². The van der Waals surface area contributed by atoms with E-state index in [1.165, 1.54) is 0 Å². The van der Waals surface area contributed by atoms with Crippen molar-refractivity contribution in [2.45, 2.75) is 74.0 Å². The maximum Gasteiger partial charge on any atom is 0.153 e. The van der Waals surface area contributed by atoms with Gasteiger partial charge in [0.15, 0.2) is 5.78 Å². The monoisotopic (exact) mass is 414 g/mol. The highest BCUT2D eigenvalue weighted by atomic mass is 35.5. The summed E-state index contributed by atoms with van der Waals surface area (Å²) >= 11 is 12.9. The highest BCUT2D eigenvalue weighted by molar-refractivity contribution is 6.23. The van der Waals surface area contributed by atoms with Gasteiger partial charge in [-0.25, -0.2) is 0 Å². The molecule has 0 heterocycles. The third-order valence-electron chi connectivity index (χ3n) is 6.62. The Labute approximate surface area is 178 Å². The van der Waals surface area contributed by atoms with E-state index in [9.17, 15) is 4.79 Å². The van der Waals surface area contributed by atoms with Gasteiger partial charge in [-0.15, -0.1) is 23.2 Å². The molecule has 4 rings (SSSR count). The van der Waals surface area contributed by atoms with E-state index in [1.54, 1.807) is 0 Å². The molecule has 0 spiro atoms. The second kappa shape index (κ2) is 6.34. The molecule has 2 aliphatic carbocycles. The zero-order chi connectivity index (χ0) is 20.4. The third-order valence-corrected chi connectivity index (χ3v) is 7.05. The van der Waals surface area contributed by atoms with Crippen molar-refractivity contribution in [3.8, 4) is 0 Å². The Bertz CT molecular complexity index is 812. The number of halogens is 2. The van der Waals surface area contributed by atoms with Crippen molar-refractivity contribution in [1.29, 1.82) is 0 Å². The predicted octanol–water partition coefficient (Wildman–Crippen LogP) is 6.97. The lowest BCUT2D eigenvalue weighted by atomic mass is 9.78. The fraction of sp³-hybridized carbons (Fsp3) is 0.480. The van der Waals surface area contributed by atoms with Gasteiger partial charge >= 0.3 is 0 Å². The van der Waals surface area contributed by atoms with Gasteiger partial charge in [-0.2, -0.15) is 0 Å². The summed E-state index contributed by atoms with van der Waals surface area (Å²) in [6, 6.07) is 16.7. The lowest BCUT2D eigenvalue weighted by Gasteiger charge is -2.24. The number of ketones is 1. The molecule has 1 nitrogen and oxygen atoms in total. The molecule has 2 fully saturated rings. The van der Waals surface area contributed by atoms with Crippen LogP contribution in [0.5, 0.6) is 0 Å². The summed E-state index contributed by atoms with van der Waals surface area (Å²) in [5, 5.41) is 0. The highest BCUT2D eigenvalue weighted by Crippen LogP contribution is 2.60. The Morgan fingerprint density at radius 1 is 0.679 bits per heavy atom. The van der Waals surface area contributed by atoms with E-state index < -0.39 is 9.75 Å². The van der Waals surface area contributed by atoms with Gasteiger partial charge in [-0.3, -0.25) is 4.79 Å². The van der Waals surface area contributed by atoms with Gasteiger partial charge in [0.05, 0.1) is 20.6 Å². The number of benzene rings is 2. The Morgan fingerprint density at radius 3 is 1.18 bits per heavy atom. The number of rotatable bonds is 6. The maximum atomic E-state index is 13.7. The van der Waals surface area contributed by atoms with Crippen LogP contribution in [0.2, 0.25) is 0 Å². The first-order valence-electron chi connectivity index (χ1n) is 10.1. The zero-order valence-electron chi connectivity index (χ0n) is 17.1. The van der Waals surface area contributed by atoms with Crippen molar-refractivity contribution >= 4 is 29.0 Å². The maximum absolute atomic E-state index is 13.7. The molecule has 0 radical (unpaired) electrons. The first kappa shape index (κ1) is 20.0. The van der Waals surface area contributed by atoms with Gasteiger partial charge in [0.2, 0.25) is 0 Å².